The van der Waals surface area contributed by atoms with Crippen molar-refractivity contribution >= 4 is 73.6 Å². The molecule has 4 bridgehead atoms. The van der Waals surface area contributed by atoms with Crippen LogP contribution in [0.3, 0.4) is 0 Å². The van der Waals surface area contributed by atoms with Crippen LogP contribution in [0, 0.1) is 38.4 Å². The van der Waals surface area contributed by atoms with Crippen molar-refractivity contribution in [2.45, 2.75) is 111 Å². The molecule has 4 aliphatic rings. The highest BCUT2D eigenvalue weighted by atomic mass is 35.5. The van der Waals surface area contributed by atoms with Crippen LogP contribution >= 0.6 is 34.5 Å². The summed E-state index contributed by atoms with van der Waals surface area (Å²) in [5.74, 6) is -2.93. The molecule has 0 radical (unpaired) electrons. The Morgan fingerprint density at radius 2 is 1.40 bits per heavy atom. The second-order valence-corrected chi connectivity index (χ2v) is 22.3. The molecular formula is C53H52Cl2F3N2O7S+. The number of nitrogens with zero attached hydrogens (tertiary/aromatic N) is 2. The molecule has 4 saturated carbocycles. The van der Waals surface area contributed by atoms with Crippen LogP contribution in [0.5, 0.6) is 22.4 Å². The van der Waals surface area contributed by atoms with E-state index in [-0.39, 0.29) is 46.2 Å². The number of alkyl halides is 3. The minimum Gasteiger partial charge on any atom is -0.450 e. The maximum absolute atomic E-state index is 15.3. The van der Waals surface area contributed by atoms with Crippen LogP contribution in [0.1, 0.15) is 120 Å². The monoisotopic (exact) mass is 987 g/mol. The van der Waals surface area contributed by atoms with E-state index in [1.54, 1.807) is 42.5 Å². The molecule has 9 nitrogen and oxygen atoms in total. The molecule has 15 heteroatoms. The number of aromatic nitrogens is 1. The molecule has 6 unspecified atom stereocenters. The molecule has 4 aliphatic carbocycles. The van der Waals surface area contributed by atoms with Crippen LogP contribution in [0.4, 0.5) is 18.9 Å². The molecule has 0 spiro atoms. The zero-order valence-corrected chi connectivity index (χ0v) is 41.2. The molecule has 4 aromatic carbocycles. The Morgan fingerprint density at radius 3 is 2.06 bits per heavy atom. The van der Waals surface area contributed by atoms with Crippen LogP contribution in [-0.4, -0.2) is 39.9 Å². The molecule has 1 heterocycles. The molecule has 0 aliphatic heterocycles. The summed E-state index contributed by atoms with van der Waals surface area (Å²) in [6, 6.07) is 16.5. The van der Waals surface area contributed by atoms with Gasteiger partial charge in [0.25, 0.3) is 10.9 Å². The summed E-state index contributed by atoms with van der Waals surface area (Å²) in [6.07, 6.45) is -0.525. The largest absolute Gasteiger partial charge is 0.450 e. The maximum atomic E-state index is 15.3. The van der Waals surface area contributed by atoms with Crippen LogP contribution in [0.15, 0.2) is 66.7 Å². The van der Waals surface area contributed by atoms with E-state index in [0.717, 1.165) is 41.1 Å². The van der Waals surface area contributed by atoms with Crippen molar-refractivity contribution < 1.29 is 46.6 Å². The van der Waals surface area contributed by atoms with Crippen molar-refractivity contribution in [1.29, 1.82) is 0 Å². The number of aryl methyl sites for hydroxylation is 2. The van der Waals surface area contributed by atoms with E-state index < -0.39 is 51.2 Å². The molecule has 68 heavy (non-hydrogen) atoms. The van der Waals surface area contributed by atoms with Crippen molar-refractivity contribution in [3.8, 4) is 22.4 Å². The van der Waals surface area contributed by atoms with Gasteiger partial charge in [-0.25, -0.2) is 4.98 Å². The lowest BCUT2D eigenvalue weighted by Gasteiger charge is -2.49. The Labute approximate surface area is 406 Å². The molecular weight excluding hydrogens is 937 g/mol. The van der Waals surface area contributed by atoms with Crippen LogP contribution in [0.25, 0.3) is 10.2 Å². The Hall–Kier alpha value is -4.98. The molecule has 6 atom stereocenters. The van der Waals surface area contributed by atoms with Gasteiger partial charge in [0.1, 0.15) is 28.9 Å². The number of nitroso groups, excluding NO2 is 1. The third kappa shape index (κ3) is 7.52. The summed E-state index contributed by atoms with van der Waals surface area (Å²) in [4.78, 5) is 76.3. The predicted octanol–water partition coefficient (Wildman–Crippen LogP) is 14.2. The lowest BCUT2D eigenvalue weighted by atomic mass is 9.52. The van der Waals surface area contributed by atoms with Gasteiger partial charge >= 0.3 is 6.18 Å². The first-order chi connectivity index (χ1) is 31.9. The minimum atomic E-state index is -4.68. The number of Topliss-reactive ketones (excluding diaryl/α,β-unsaturated/α-hetero) is 4. The predicted molar refractivity (Wildman–Crippen MR) is 255 cm³/mol. The van der Waals surface area contributed by atoms with E-state index in [0.29, 0.717) is 93.8 Å². The van der Waals surface area contributed by atoms with Gasteiger partial charge in [-0.2, -0.15) is 13.2 Å². The topological polar surface area (TPSA) is 120 Å². The average Bonchev–Trinajstić information content (AvgIpc) is 3.82. The molecule has 356 valence electrons. The number of hydrogen-bond donors (Lipinski definition) is 0. The smallest absolute Gasteiger partial charge is 0.416 e. The number of carbonyl (C=O) groups is 4. The van der Waals surface area contributed by atoms with E-state index in [2.05, 4.69) is 4.98 Å². The van der Waals surface area contributed by atoms with Gasteiger partial charge in [-0.15, -0.1) is 0 Å². The Kier molecular flexibility index (Phi) is 11.9. The molecule has 1 aromatic heterocycles. The SMILES string of the molecule is CCc1ccc(Oc2ccc(C(F)(F)F)cc2[N+](C)=O)cc1C1C(=O)C2CCC(CCCc3ccc(Oc4nc5c(Cl)cc(Cl)cc5s4)cc3C3C(=O)C4CCC(C)(C3=O)C4(C)C)(C1=O)C2(C)C. The van der Waals surface area contributed by atoms with E-state index in [9.17, 15) is 32.5 Å². The summed E-state index contributed by atoms with van der Waals surface area (Å²) >= 11 is 14.0. The van der Waals surface area contributed by atoms with Crippen LogP contribution in [-0.2, 0) is 38.2 Å². The molecule has 0 saturated heterocycles. The normalized spacial score (nSPS) is 26.2. The lowest BCUT2D eigenvalue weighted by molar-refractivity contribution is -0.429. The highest BCUT2D eigenvalue weighted by Crippen LogP contribution is 2.66. The number of fused-ring (bicyclic) bond motifs is 5. The third-order valence-corrected chi connectivity index (χ3v) is 18.1. The summed E-state index contributed by atoms with van der Waals surface area (Å²) in [6.45, 7) is 11.9. The fourth-order valence-corrected chi connectivity index (χ4v) is 13.9. The number of rotatable bonds is 12. The van der Waals surface area contributed by atoms with Crippen molar-refractivity contribution in [3.05, 3.63) is 109 Å². The zero-order chi connectivity index (χ0) is 49.0. The van der Waals surface area contributed by atoms with Crippen molar-refractivity contribution in [3.63, 3.8) is 0 Å². The van der Waals surface area contributed by atoms with Gasteiger partial charge in [0.15, 0.2) is 30.2 Å². The first-order valence-electron chi connectivity index (χ1n) is 23.1. The number of hydrogen-bond acceptors (Lipinski definition) is 9. The number of thiazole rings is 1. The third-order valence-electron chi connectivity index (χ3n) is 16.7. The molecule has 4 fully saturated rings. The summed E-state index contributed by atoms with van der Waals surface area (Å²) in [5, 5.41) is 1.17. The van der Waals surface area contributed by atoms with Crippen LogP contribution in [0.2, 0.25) is 10.0 Å². The number of halogens is 5. The Bertz CT molecular complexity index is 2980. The van der Waals surface area contributed by atoms with Gasteiger partial charge < -0.3 is 9.47 Å². The van der Waals surface area contributed by atoms with Gasteiger partial charge in [-0.3, -0.25) is 19.2 Å². The Morgan fingerprint density at radius 1 is 0.779 bits per heavy atom. The molecule has 0 amide bonds. The van der Waals surface area contributed by atoms with Gasteiger partial charge in [-0.05, 0) is 133 Å². The second kappa shape index (κ2) is 16.9. The van der Waals surface area contributed by atoms with Crippen molar-refractivity contribution in [1.82, 2.24) is 4.98 Å². The highest BCUT2D eigenvalue weighted by molar-refractivity contribution is 7.20. The van der Waals surface area contributed by atoms with E-state index in [4.69, 9.17) is 32.7 Å². The Balaban J connectivity index is 1.03. The van der Waals surface area contributed by atoms with Gasteiger partial charge in [0, 0.05) is 43.4 Å². The van der Waals surface area contributed by atoms with E-state index in [1.165, 1.54) is 11.3 Å². The number of ether oxygens (including phenoxy) is 2. The lowest BCUT2D eigenvalue weighted by Crippen LogP contribution is -2.54. The average molecular weight is 989 g/mol. The van der Waals surface area contributed by atoms with E-state index in [1.807, 2.05) is 47.6 Å². The second-order valence-electron chi connectivity index (χ2n) is 20.5. The first-order valence-corrected chi connectivity index (χ1v) is 24.7. The van der Waals surface area contributed by atoms with Crippen molar-refractivity contribution in [2.75, 3.05) is 7.05 Å². The molecule has 9 rings (SSSR count). The van der Waals surface area contributed by atoms with Gasteiger partial charge in [-0.1, -0.05) is 88.2 Å². The highest BCUT2D eigenvalue weighted by Gasteiger charge is 2.67. The molecule has 0 N–H and O–H groups in total. The van der Waals surface area contributed by atoms with Crippen molar-refractivity contribution in [2.24, 2.45) is 33.5 Å². The first kappa shape index (κ1) is 48.1. The minimum absolute atomic E-state index is 0.0931. The van der Waals surface area contributed by atoms with Gasteiger partial charge in [0.2, 0.25) is 5.75 Å². The summed E-state index contributed by atoms with van der Waals surface area (Å²) in [7, 11) is 1.08. The summed E-state index contributed by atoms with van der Waals surface area (Å²) < 4.78 is 54.2. The quantitative estimate of drug-likeness (QED) is 0.0895. The number of carbonyl (C=O) groups excluding carboxylic acids is 4. The van der Waals surface area contributed by atoms with Gasteiger partial charge in [0.05, 0.1) is 15.3 Å². The number of ketones is 4. The maximum Gasteiger partial charge on any atom is 0.416 e. The standard InChI is InChI=1S/C53H52Cl2F3N2O7S/c1-8-27-11-14-31(66-39-16-13-29(53(56,57)58)22-38(39)60(7)65)25-33(27)42-45(62)36-18-21-52(47(42)64,50(36,4)5)19-9-10-28-12-15-32(67-48-59-43-37(55)23-30(54)24-40(43)68-48)26-34(28)41-44(61)35-17-20-51(6,46(41)63)49(35,2)3/h11-16,22-26,35-36,41-42H,8-10,17-21H2,1-7H3/q+1. The fraction of sp³-hybridized carbons (Fsp3) is 0.453. The summed E-state index contributed by atoms with van der Waals surface area (Å²) in [5.41, 5.74) is -0.986. The zero-order valence-electron chi connectivity index (χ0n) is 38.9. The van der Waals surface area contributed by atoms with Crippen LogP contribution < -0.4 is 9.47 Å². The fourth-order valence-electron chi connectivity index (χ4n) is 12.4. The number of benzene rings is 4. The molecule has 5 aromatic rings. The van der Waals surface area contributed by atoms with E-state index >= 15 is 4.79 Å².